The van der Waals surface area contributed by atoms with Crippen LogP contribution in [0.2, 0.25) is 0 Å². The summed E-state index contributed by atoms with van der Waals surface area (Å²) in [6.07, 6.45) is 1.06. The lowest BCUT2D eigenvalue weighted by molar-refractivity contribution is -0.137. The predicted molar refractivity (Wildman–Crippen MR) is 146 cm³/mol. The molecule has 0 aliphatic heterocycles. The standard InChI is InChI=1S/C29H29FN4O5/c1-17(35)26(36)25(9-5-6-14-32-18(2)31)34-29(39)27(37)23-16-22(30)12-13-24(23)33-28(38)21-11-10-19-7-3-4-8-20(19)15-21/h3-4,7-8,10-13,15-16,25H,5-6,9,14H2,1-2H3,(H2,31,32)(H,33,38)(H,34,39). The minimum absolute atomic E-state index is 0.0859. The molecule has 1 unspecified atom stereocenters. The molecule has 3 aromatic rings. The number of anilines is 1. The Bertz CT molecular complexity index is 1450. The molecule has 0 spiro atoms. The highest BCUT2D eigenvalue weighted by Crippen LogP contribution is 2.21. The van der Waals surface area contributed by atoms with Crippen molar-refractivity contribution in [2.24, 2.45) is 0 Å². The summed E-state index contributed by atoms with van der Waals surface area (Å²) in [4.78, 5) is 62.9. The molecule has 10 heteroatoms. The first-order chi connectivity index (χ1) is 18.6. The zero-order valence-corrected chi connectivity index (χ0v) is 21.6. The number of hydrogen-bond acceptors (Lipinski definition) is 6. The van der Waals surface area contributed by atoms with Crippen molar-refractivity contribution in [3.8, 4) is 0 Å². The number of carbonyl (C=O) groups is 5. The van der Waals surface area contributed by atoms with E-state index in [-0.39, 0.29) is 17.9 Å². The monoisotopic (exact) mass is 532 g/mol. The molecule has 0 saturated heterocycles. The third-order valence-electron chi connectivity index (χ3n) is 5.97. The van der Waals surface area contributed by atoms with Crippen LogP contribution in [0.15, 0.2) is 60.7 Å². The van der Waals surface area contributed by atoms with Gasteiger partial charge in [0.2, 0.25) is 5.78 Å². The number of rotatable bonds is 12. The van der Waals surface area contributed by atoms with Crippen molar-refractivity contribution < 1.29 is 28.4 Å². The molecule has 0 aliphatic carbocycles. The summed E-state index contributed by atoms with van der Waals surface area (Å²) < 4.78 is 14.1. The van der Waals surface area contributed by atoms with Gasteiger partial charge < -0.3 is 16.0 Å². The molecule has 0 bridgehead atoms. The number of halogens is 1. The smallest absolute Gasteiger partial charge is 0.293 e. The Labute approximate surface area is 224 Å². The van der Waals surface area contributed by atoms with Crippen LogP contribution in [0, 0.1) is 11.2 Å². The van der Waals surface area contributed by atoms with Gasteiger partial charge in [-0.1, -0.05) is 30.3 Å². The number of Topliss-reactive ketones (excluding diaryl/α,β-unsaturated/α-hetero) is 3. The molecule has 0 aromatic heterocycles. The van der Waals surface area contributed by atoms with Crippen molar-refractivity contribution >= 4 is 51.5 Å². The highest BCUT2D eigenvalue weighted by molar-refractivity contribution is 6.45. The summed E-state index contributed by atoms with van der Waals surface area (Å²) in [5.41, 5.74) is -0.195. The van der Waals surface area contributed by atoms with Crippen LogP contribution < -0.4 is 16.0 Å². The number of hydrogen-bond donors (Lipinski definition) is 4. The van der Waals surface area contributed by atoms with Gasteiger partial charge in [-0.05, 0) is 67.3 Å². The van der Waals surface area contributed by atoms with Crippen LogP contribution in [-0.4, -0.2) is 47.6 Å². The van der Waals surface area contributed by atoms with E-state index in [2.05, 4.69) is 16.0 Å². The lowest BCUT2D eigenvalue weighted by Gasteiger charge is -2.17. The van der Waals surface area contributed by atoms with Crippen molar-refractivity contribution in [3.63, 3.8) is 0 Å². The molecule has 39 heavy (non-hydrogen) atoms. The first kappa shape index (κ1) is 28.8. The van der Waals surface area contributed by atoms with Crippen molar-refractivity contribution in [1.29, 1.82) is 5.41 Å². The fourth-order valence-corrected chi connectivity index (χ4v) is 3.95. The highest BCUT2D eigenvalue weighted by Gasteiger charge is 2.28. The molecule has 1 atom stereocenters. The first-order valence-corrected chi connectivity index (χ1v) is 12.4. The summed E-state index contributed by atoms with van der Waals surface area (Å²) in [6.45, 7) is 3.11. The molecule has 0 heterocycles. The fraction of sp³-hybridized carbons (Fsp3) is 0.241. The Balaban J connectivity index is 1.76. The molecule has 3 rings (SSSR count). The van der Waals surface area contributed by atoms with E-state index in [1.54, 1.807) is 25.1 Å². The van der Waals surface area contributed by atoms with E-state index in [4.69, 9.17) is 5.41 Å². The lowest BCUT2D eigenvalue weighted by Crippen LogP contribution is -2.46. The largest absolute Gasteiger partial charge is 0.374 e. The second kappa shape index (κ2) is 13.2. The van der Waals surface area contributed by atoms with Crippen LogP contribution in [0.3, 0.4) is 0 Å². The van der Waals surface area contributed by atoms with E-state index >= 15 is 0 Å². The van der Waals surface area contributed by atoms with E-state index in [9.17, 15) is 28.4 Å². The number of unbranched alkanes of at least 4 members (excludes halogenated alkanes) is 1. The van der Waals surface area contributed by atoms with Crippen molar-refractivity contribution in [2.75, 3.05) is 11.9 Å². The Morgan fingerprint density at radius 3 is 2.31 bits per heavy atom. The Morgan fingerprint density at radius 2 is 1.62 bits per heavy atom. The van der Waals surface area contributed by atoms with Crippen molar-refractivity contribution in [2.45, 2.75) is 39.2 Å². The maximum absolute atomic E-state index is 14.1. The van der Waals surface area contributed by atoms with Crippen LogP contribution in [0.4, 0.5) is 10.1 Å². The van der Waals surface area contributed by atoms with Gasteiger partial charge in [-0.25, -0.2) is 4.39 Å². The Morgan fingerprint density at radius 1 is 0.897 bits per heavy atom. The maximum atomic E-state index is 14.1. The summed E-state index contributed by atoms with van der Waals surface area (Å²) in [5, 5.41) is 16.8. The molecule has 0 radical (unpaired) electrons. The highest BCUT2D eigenvalue weighted by atomic mass is 19.1. The summed E-state index contributed by atoms with van der Waals surface area (Å²) >= 11 is 0. The molecule has 202 valence electrons. The van der Waals surface area contributed by atoms with Crippen molar-refractivity contribution in [3.05, 3.63) is 77.6 Å². The van der Waals surface area contributed by atoms with Crippen LogP contribution in [0.5, 0.6) is 0 Å². The summed E-state index contributed by atoms with van der Waals surface area (Å²) in [6, 6.07) is 14.3. The number of ketones is 3. The summed E-state index contributed by atoms with van der Waals surface area (Å²) in [5.74, 6) is -5.13. The van der Waals surface area contributed by atoms with E-state index in [0.29, 0.717) is 24.9 Å². The third kappa shape index (κ3) is 7.88. The quantitative estimate of drug-likeness (QED) is 0.0918. The lowest BCUT2D eigenvalue weighted by atomic mass is 10.0. The fourth-order valence-electron chi connectivity index (χ4n) is 3.95. The van der Waals surface area contributed by atoms with Crippen LogP contribution in [0.1, 0.15) is 53.8 Å². The molecule has 2 amide bonds. The number of amides is 2. The van der Waals surface area contributed by atoms with Gasteiger partial charge in [0.05, 0.1) is 23.1 Å². The number of amidine groups is 1. The zero-order chi connectivity index (χ0) is 28.5. The van der Waals surface area contributed by atoms with Gasteiger partial charge in [0.15, 0.2) is 5.78 Å². The predicted octanol–water partition coefficient (Wildman–Crippen LogP) is 3.81. The van der Waals surface area contributed by atoms with Gasteiger partial charge in [-0.3, -0.25) is 29.4 Å². The van der Waals surface area contributed by atoms with Gasteiger partial charge in [-0.15, -0.1) is 0 Å². The maximum Gasteiger partial charge on any atom is 0.293 e. The number of carbonyl (C=O) groups excluding carboxylic acids is 5. The first-order valence-electron chi connectivity index (χ1n) is 12.4. The van der Waals surface area contributed by atoms with Crippen molar-refractivity contribution in [1.82, 2.24) is 10.6 Å². The zero-order valence-electron chi connectivity index (χ0n) is 21.6. The van der Waals surface area contributed by atoms with Gasteiger partial charge in [-0.2, -0.15) is 0 Å². The van der Waals surface area contributed by atoms with E-state index < -0.39 is 46.6 Å². The minimum Gasteiger partial charge on any atom is -0.374 e. The molecule has 0 saturated carbocycles. The van der Waals surface area contributed by atoms with Gasteiger partial charge in [0.25, 0.3) is 17.6 Å². The molecule has 0 fully saturated rings. The Kier molecular flexibility index (Phi) is 9.75. The molecule has 3 aromatic carbocycles. The van der Waals surface area contributed by atoms with Gasteiger partial charge >= 0.3 is 0 Å². The van der Waals surface area contributed by atoms with Crippen LogP contribution in [0.25, 0.3) is 10.8 Å². The SMILES string of the molecule is CC(=N)NCCCCC(NC(=O)C(=O)c1cc(F)ccc1NC(=O)c1ccc2ccccc2c1)C(=O)C(C)=O. The number of benzene rings is 3. The van der Waals surface area contributed by atoms with Crippen LogP contribution >= 0.6 is 0 Å². The molecule has 9 nitrogen and oxygen atoms in total. The second-order valence-corrected chi connectivity index (χ2v) is 9.03. The molecular weight excluding hydrogens is 503 g/mol. The van der Waals surface area contributed by atoms with Gasteiger partial charge in [0, 0.05) is 19.0 Å². The average molecular weight is 533 g/mol. The topological polar surface area (TPSA) is 145 Å². The molecular formula is C29H29FN4O5. The third-order valence-corrected chi connectivity index (χ3v) is 5.97. The van der Waals surface area contributed by atoms with E-state index in [1.807, 2.05) is 24.3 Å². The van der Waals surface area contributed by atoms with E-state index in [0.717, 1.165) is 29.8 Å². The average Bonchev–Trinajstić information content (AvgIpc) is 2.91. The number of fused-ring (bicyclic) bond motifs is 1. The van der Waals surface area contributed by atoms with Gasteiger partial charge in [0.1, 0.15) is 5.82 Å². The Hall–Kier alpha value is -4.73. The second-order valence-electron chi connectivity index (χ2n) is 9.03. The number of nitrogens with one attached hydrogen (secondary N) is 4. The molecule has 0 aliphatic rings. The van der Waals surface area contributed by atoms with Crippen LogP contribution in [-0.2, 0) is 14.4 Å². The normalized spacial score (nSPS) is 11.4. The minimum atomic E-state index is -1.25. The molecule has 4 N–H and O–H groups in total. The van der Waals surface area contributed by atoms with E-state index in [1.165, 1.54) is 6.07 Å². The summed E-state index contributed by atoms with van der Waals surface area (Å²) in [7, 11) is 0.